The Morgan fingerprint density at radius 1 is 1.19 bits per heavy atom. The summed E-state index contributed by atoms with van der Waals surface area (Å²) < 4.78 is 52.5. The van der Waals surface area contributed by atoms with E-state index < -0.39 is 21.7 Å². The lowest BCUT2D eigenvalue weighted by molar-refractivity contribution is 0.582. The Morgan fingerprint density at radius 3 is 2.52 bits per heavy atom. The summed E-state index contributed by atoms with van der Waals surface area (Å²) in [5, 5.41) is 2.92. The summed E-state index contributed by atoms with van der Waals surface area (Å²) in [6.07, 6.45) is 1.15. The van der Waals surface area contributed by atoms with Gasteiger partial charge in [0.05, 0.1) is 5.69 Å². The molecule has 2 aromatic rings. The molecule has 2 N–H and O–H groups in total. The van der Waals surface area contributed by atoms with E-state index in [4.69, 9.17) is 0 Å². The topological polar surface area (TPSA) is 71.1 Å². The van der Waals surface area contributed by atoms with E-state index in [1.807, 2.05) is 6.92 Å². The lowest BCUT2D eigenvalue weighted by atomic mass is 10.3. The van der Waals surface area contributed by atoms with Gasteiger partial charge in [-0.25, -0.2) is 22.2 Å². The predicted molar refractivity (Wildman–Crippen MR) is 75.6 cm³/mol. The monoisotopic (exact) mass is 313 g/mol. The molecule has 0 aliphatic rings. The minimum absolute atomic E-state index is 0.118. The molecule has 0 aliphatic carbocycles. The van der Waals surface area contributed by atoms with Crippen LogP contribution in [0.15, 0.2) is 41.4 Å². The zero-order valence-electron chi connectivity index (χ0n) is 11.1. The van der Waals surface area contributed by atoms with Crippen molar-refractivity contribution >= 4 is 21.5 Å². The van der Waals surface area contributed by atoms with Crippen LogP contribution in [0.2, 0.25) is 0 Å². The number of aromatic nitrogens is 1. The van der Waals surface area contributed by atoms with E-state index in [0.717, 1.165) is 18.3 Å². The third kappa shape index (κ3) is 3.66. The average molecular weight is 313 g/mol. The van der Waals surface area contributed by atoms with Crippen molar-refractivity contribution < 1.29 is 17.2 Å². The summed E-state index contributed by atoms with van der Waals surface area (Å²) in [5.41, 5.74) is -0.327. The number of hydrogen-bond donors (Lipinski definition) is 2. The maximum atomic E-state index is 13.5. The highest BCUT2D eigenvalue weighted by molar-refractivity contribution is 7.92. The first-order valence-corrected chi connectivity index (χ1v) is 7.58. The third-order valence-corrected chi connectivity index (χ3v) is 3.93. The molecular formula is C13H13F2N3O2S. The van der Waals surface area contributed by atoms with E-state index in [0.29, 0.717) is 18.4 Å². The van der Waals surface area contributed by atoms with Crippen LogP contribution in [0.25, 0.3) is 0 Å². The number of nitrogens with zero attached hydrogens (tertiary/aromatic N) is 1. The van der Waals surface area contributed by atoms with Gasteiger partial charge in [-0.2, -0.15) is 0 Å². The molecule has 0 amide bonds. The molecule has 0 atom stereocenters. The van der Waals surface area contributed by atoms with E-state index in [9.17, 15) is 17.2 Å². The number of halogens is 2. The molecule has 112 valence electrons. The van der Waals surface area contributed by atoms with E-state index >= 15 is 0 Å². The molecule has 0 unspecified atom stereocenters. The first kappa shape index (κ1) is 15.2. The summed E-state index contributed by atoms with van der Waals surface area (Å²) in [6, 6.07) is 5.42. The van der Waals surface area contributed by atoms with Gasteiger partial charge >= 0.3 is 0 Å². The van der Waals surface area contributed by atoms with Crippen LogP contribution in [-0.4, -0.2) is 19.9 Å². The maximum absolute atomic E-state index is 13.5. The zero-order valence-corrected chi connectivity index (χ0v) is 11.9. The van der Waals surface area contributed by atoms with Gasteiger partial charge in [-0.3, -0.25) is 4.72 Å². The number of rotatable bonds is 5. The van der Waals surface area contributed by atoms with Crippen LogP contribution in [0.5, 0.6) is 0 Å². The van der Waals surface area contributed by atoms with Crippen molar-refractivity contribution in [2.75, 3.05) is 16.6 Å². The summed E-state index contributed by atoms with van der Waals surface area (Å²) in [6.45, 7) is 2.53. The number of benzene rings is 1. The first-order valence-electron chi connectivity index (χ1n) is 6.10. The molecule has 1 heterocycles. The Morgan fingerprint density at radius 2 is 1.95 bits per heavy atom. The highest BCUT2D eigenvalue weighted by Crippen LogP contribution is 2.20. The van der Waals surface area contributed by atoms with Gasteiger partial charge in [-0.05, 0) is 31.2 Å². The molecule has 0 saturated carbocycles. The Balaban J connectivity index is 2.25. The fraction of sp³-hybridized carbons (Fsp3) is 0.154. The van der Waals surface area contributed by atoms with Gasteiger partial charge in [0.2, 0.25) is 0 Å². The molecule has 0 bridgehead atoms. The van der Waals surface area contributed by atoms with Crippen LogP contribution in [0, 0.1) is 11.6 Å². The van der Waals surface area contributed by atoms with Crippen molar-refractivity contribution in [2.24, 2.45) is 0 Å². The molecule has 21 heavy (non-hydrogen) atoms. The Labute approximate surface area is 121 Å². The number of hydrogen-bond acceptors (Lipinski definition) is 4. The van der Waals surface area contributed by atoms with E-state index in [-0.39, 0.29) is 10.6 Å². The van der Waals surface area contributed by atoms with Crippen LogP contribution in [0.4, 0.5) is 20.3 Å². The van der Waals surface area contributed by atoms with Crippen LogP contribution in [0.3, 0.4) is 0 Å². The molecule has 1 aromatic heterocycles. The molecule has 5 nitrogen and oxygen atoms in total. The molecule has 8 heteroatoms. The minimum Gasteiger partial charge on any atom is -0.370 e. The fourth-order valence-electron chi connectivity index (χ4n) is 1.60. The molecule has 0 fully saturated rings. The van der Waals surface area contributed by atoms with Gasteiger partial charge in [-0.15, -0.1) is 0 Å². The summed E-state index contributed by atoms with van der Waals surface area (Å²) in [7, 11) is -3.98. The van der Waals surface area contributed by atoms with Crippen LogP contribution < -0.4 is 10.0 Å². The van der Waals surface area contributed by atoms with Crippen molar-refractivity contribution in [3.05, 3.63) is 48.2 Å². The minimum atomic E-state index is -3.98. The fourth-order valence-corrected chi connectivity index (χ4v) is 2.61. The summed E-state index contributed by atoms with van der Waals surface area (Å²) in [4.78, 5) is 3.81. The smallest absolute Gasteiger partial charge is 0.263 e. The maximum Gasteiger partial charge on any atom is 0.263 e. The third-order valence-electron chi connectivity index (χ3n) is 2.58. The summed E-state index contributed by atoms with van der Waals surface area (Å²) >= 11 is 0. The standard InChI is InChI=1S/C13H13F2N3O2S/c1-2-16-13-6-4-10(8-17-13)21(19,20)18-12-5-3-9(14)7-11(12)15/h3-8,18H,2H2,1H3,(H,16,17). The van der Waals surface area contributed by atoms with E-state index in [2.05, 4.69) is 15.0 Å². The van der Waals surface area contributed by atoms with E-state index in [1.165, 1.54) is 12.1 Å². The normalized spacial score (nSPS) is 11.2. The number of sulfonamides is 1. The second-order valence-electron chi connectivity index (χ2n) is 4.14. The molecule has 0 saturated heterocycles. The van der Waals surface area contributed by atoms with Crippen molar-refractivity contribution in [3.63, 3.8) is 0 Å². The molecule has 0 spiro atoms. The van der Waals surface area contributed by atoms with Gasteiger partial charge in [-0.1, -0.05) is 0 Å². The van der Waals surface area contributed by atoms with Crippen molar-refractivity contribution in [2.45, 2.75) is 11.8 Å². The lowest BCUT2D eigenvalue weighted by Crippen LogP contribution is -2.14. The Bertz CT molecular complexity index is 734. The number of pyridine rings is 1. The Hall–Kier alpha value is -2.22. The Kier molecular flexibility index (Phi) is 4.37. The van der Waals surface area contributed by atoms with Gasteiger partial charge in [0.25, 0.3) is 10.0 Å². The molecular weight excluding hydrogens is 300 g/mol. The van der Waals surface area contributed by atoms with Crippen molar-refractivity contribution in [1.82, 2.24) is 4.98 Å². The largest absolute Gasteiger partial charge is 0.370 e. The predicted octanol–water partition coefficient (Wildman–Crippen LogP) is 2.59. The van der Waals surface area contributed by atoms with Gasteiger partial charge < -0.3 is 5.32 Å². The second-order valence-corrected chi connectivity index (χ2v) is 5.82. The second kappa shape index (κ2) is 6.04. The quantitative estimate of drug-likeness (QED) is 0.890. The van der Waals surface area contributed by atoms with Gasteiger partial charge in [0.15, 0.2) is 0 Å². The zero-order chi connectivity index (χ0) is 15.5. The van der Waals surface area contributed by atoms with Crippen LogP contribution in [-0.2, 0) is 10.0 Å². The molecule has 0 radical (unpaired) electrons. The number of nitrogens with one attached hydrogen (secondary N) is 2. The highest BCUT2D eigenvalue weighted by atomic mass is 32.2. The van der Waals surface area contributed by atoms with Crippen LogP contribution >= 0.6 is 0 Å². The first-order chi connectivity index (χ1) is 9.92. The van der Waals surface area contributed by atoms with Crippen LogP contribution in [0.1, 0.15) is 6.92 Å². The summed E-state index contributed by atoms with van der Waals surface area (Å²) in [5.74, 6) is -1.24. The lowest BCUT2D eigenvalue weighted by Gasteiger charge is -2.09. The highest BCUT2D eigenvalue weighted by Gasteiger charge is 2.17. The average Bonchev–Trinajstić information content (AvgIpc) is 2.43. The van der Waals surface area contributed by atoms with Crippen molar-refractivity contribution in [1.29, 1.82) is 0 Å². The van der Waals surface area contributed by atoms with Gasteiger partial charge in [0.1, 0.15) is 22.3 Å². The molecule has 1 aromatic carbocycles. The SMILES string of the molecule is CCNc1ccc(S(=O)(=O)Nc2ccc(F)cc2F)cn1. The van der Waals surface area contributed by atoms with Gasteiger partial charge in [0, 0.05) is 18.8 Å². The molecule has 0 aliphatic heterocycles. The van der Waals surface area contributed by atoms with Crippen molar-refractivity contribution in [3.8, 4) is 0 Å². The molecule has 2 rings (SSSR count). The number of anilines is 2. The van der Waals surface area contributed by atoms with E-state index in [1.54, 1.807) is 0 Å².